The average Bonchev–Trinajstić information content (AvgIpc) is 2.68. The van der Waals surface area contributed by atoms with Crippen molar-refractivity contribution in [3.8, 4) is 11.3 Å². The summed E-state index contributed by atoms with van der Waals surface area (Å²) < 4.78 is 0. The van der Waals surface area contributed by atoms with Gasteiger partial charge in [0.1, 0.15) is 5.69 Å². The van der Waals surface area contributed by atoms with Crippen LogP contribution in [0.15, 0.2) is 53.7 Å². The highest BCUT2D eigenvalue weighted by Crippen LogP contribution is 2.22. The molecular formula is C20H17ClN6O. The minimum atomic E-state index is -0.402. The molecule has 0 fully saturated rings. The lowest BCUT2D eigenvalue weighted by molar-refractivity contribution is 0.808. The van der Waals surface area contributed by atoms with Crippen LogP contribution in [-0.2, 0) is 0 Å². The van der Waals surface area contributed by atoms with Gasteiger partial charge in [0, 0.05) is 29.2 Å². The maximum Gasteiger partial charge on any atom is 0.272 e. The number of benzene rings is 1. The number of fused-ring (bicyclic) bond motifs is 1. The van der Waals surface area contributed by atoms with Crippen LogP contribution in [0.25, 0.3) is 22.3 Å². The van der Waals surface area contributed by atoms with Crippen molar-refractivity contribution in [2.75, 3.05) is 5.32 Å². The van der Waals surface area contributed by atoms with Crippen LogP contribution in [0.3, 0.4) is 0 Å². The Labute approximate surface area is 165 Å². The maximum atomic E-state index is 12.4. The molecule has 3 aromatic heterocycles. The van der Waals surface area contributed by atoms with Crippen LogP contribution in [0, 0.1) is 6.92 Å². The number of halogens is 1. The van der Waals surface area contributed by atoms with E-state index in [1.165, 1.54) is 0 Å². The maximum absolute atomic E-state index is 12.4. The van der Waals surface area contributed by atoms with Crippen LogP contribution >= 0.6 is 11.6 Å². The van der Waals surface area contributed by atoms with Gasteiger partial charge in [0.15, 0.2) is 0 Å². The number of hydrogen-bond donors (Lipinski definition) is 2. The van der Waals surface area contributed by atoms with E-state index in [0.29, 0.717) is 27.7 Å². The van der Waals surface area contributed by atoms with E-state index in [2.05, 4.69) is 30.2 Å². The van der Waals surface area contributed by atoms with Crippen LogP contribution in [0.5, 0.6) is 0 Å². The van der Waals surface area contributed by atoms with E-state index in [1.54, 1.807) is 36.8 Å². The van der Waals surface area contributed by atoms with Gasteiger partial charge in [0.2, 0.25) is 5.95 Å². The van der Waals surface area contributed by atoms with Crippen molar-refractivity contribution in [2.24, 2.45) is 0 Å². The highest BCUT2D eigenvalue weighted by atomic mass is 35.5. The second-order valence-corrected chi connectivity index (χ2v) is 6.87. The molecule has 4 rings (SSSR count). The number of nitrogens with zero attached hydrogens (tertiary/aromatic N) is 4. The molecule has 7 nitrogen and oxygen atoms in total. The molecule has 0 amide bonds. The van der Waals surface area contributed by atoms with Gasteiger partial charge in [-0.05, 0) is 49.7 Å². The largest absolute Gasteiger partial charge is 0.346 e. The second kappa shape index (κ2) is 7.36. The van der Waals surface area contributed by atoms with Crippen molar-refractivity contribution in [2.45, 2.75) is 19.9 Å². The van der Waals surface area contributed by atoms with Crippen molar-refractivity contribution in [1.82, 2.24) is 24.9 Å². The molecule has 0 unspecified atom stereocenters. The molecule has 8 heteroatoms. The minimum Gasteiger partial charge on any atom is -0.346 e. The summed E-state index contributed by atoms with van der Waals surface area (Å²) in [5.74, 6) is 0.411. The molecule has 0 aliphatic rings. The van der Waals surface area contributed by atoms with Crippen molar-refractivity contribution < 1.29 is 0 Å². The predicted octanol–water partition coefficient (Wildman–Crippen LogP) is 3.91. The molecule has 2 N–H and O–H groups in total. The molecule has 1 aromatic carbocycles. The summed E-state index contributed by atoms with van der Waals surface area (Å²) in [6, 6.07) is 8.50. The number of rotatable bonds is 4. The fourth-order valence-corrected chi connectivity index (χ4v) is 3.13. The second-order valence-electron chi connectivity index (χ2n) is 6.43. The van der Waals surface area contributed by atoms with Crippen LogP contribution in [0.1, 0.15) is 24.2 Å². The van der Waals surface area contributed by atoms with E-state index in [1.807, 2.05) is 26.0 Å². The molecule has 0 saturated heterocycles. The normalized spacial score (nSPS) is 12.1. The molecule has 0 aliphatic heterocycles. The molecule has 1 atom stereocenters. The van der Waals surface area contributed by atoms with Gasteiger partial charge in [-0.15, -0.1) is 0 Å². The van der Waals surface area contributed by atoms with Gasteiger partial charge in [0.25, 0.3) is 5.56 Å². The summed E-state index contributed by atoms with van der Waals surface area (Å²) in [6.07, 6.45) is 5.19. The number of aromatic amines is 1. The number of pyridine rings is 1. The molecule has 4 aromatic rings. The summed E-state index contributed by atoms with van der Waals surface area (Å²) in [6.45, 7) is 3.81. The van der Waals surface area contributed by atoms with Crippen molar-refractivity contribution in [1.29, 1.82) is 0 Å². The van der Waals surface area contributed by atoms with E-state index >= 15 is 0 Å². The Morgan fingerprint density at radius 1 is 1.14 bits per heavy atom. The van der Waals surface area contributed by atoms with E-state index in [9.17, 15) is 4.79 Å². The molecule has 28 heavy (non-hydrogen) atoms. The Morgan fingerprint density at radius 2 is 2.00 bits per heavy atom. The Bertz CT molecular complexity index is 1220. The van der Waals surface area contributed by atoms with Gasteiger partial charge in [-0.3, -0.25) is 9.78 Å². The number of hydrogen-bond acceptors (Lipinski definition) is 6. The van der Waals surface area contributed by atoms with Gasteiger partial charge in [-0.2, -0.15) is 0 Å². The molecule has 0 bridgehead atoms. The fraction of sp³-hybridized carbons (Fsp3) is 0.150. The Kier molecular flexibility index (Phi) is 4.75. The quantitative estimate of drug-likeness (QED) is 0.546. The van der Waals surface area contributed by atoms with Crippen LogP contribution in [0.2, 0.25) is 5.02 Å². The zero-order valence-corrected chi connectivity index (χ0v) is 16.0. The van der Waals surface area contributed by atoms with Crippen LogP contribution in [0.4, 0.5) is 5.95 Å². The smallest absolute Gasteiger partial charge is 0.272 e. The molecule has 140 valence electrons. The minimum absolute atomic E-state index is 0.268. The lowest BCUT2D eigenvalue weighted by Crippen LogP contribution is -2.22. The van der Waals surface area contributed by atoms with E-state index in [0.717, 1.165) is 16.8 Å². The zero-order valence-electron chi connectivity index (χ0n) is 15.3. The molecular weight excluding hydrogens is 376 g/mol. The summed E-state index contributed by atoms with van der Waals surface area (Å²) in [5, 5.41) is 3.71. The van der Waals surface area contributed by atoms with Gasteiger partial charge in [-0.1, -0.05) is 11.6 Å². The first-order valence-corrected chi connectivity index (χ1v) is 9.09. The highest BCUT2D eigenvalue weighted by molar-refractivity contribution is 6.31. The number of H-pyrrole nitrogens is 1. The summed E-state index contributed by atoms with van der Waals surface area (Å²) in [7, 11) is 0. The summed E-state index contributed by atoms with van der Waals surface area (Å²) in [4.78, 5) is 32.7. The van der Waals surface area contributed by atoms with Crippen molar-refractivity contribution in [3.63, 3.8) is 0 Å². The number of nitrogens with one attached hydrogen (secondary N) is 2. The predicted molar refractivity (Wildman–Crippen MR) is 109 cm³/mol. The first-order chi connectivity index (χ1) is 13.5. The van der Waals surface area contributed by atoms with Crippen molar-refractivity contribution >= 4 is 28.6 Å². The van der Waals surface area contributed by atoms with Crippen LogP contribution in [-0.4, -0.2) is 24.9 Å². The fourth-order valence-electron chi connectivity index (χ4n) is 2.96. The first kappa shape index (κ1) is 18.1. The molecule has 0 saturated carbocycles. The number of aromatic nitrogens is 5. The third-order valence-electron chi connectivity index (χ3n) is 4.39. The van der Waals surface area contributed by atoms with E-state index in [4.69, 9.17) is 11.6 Å². The lowest BCUT2D eigenvalue weighted by Gasteiger charge is -2.14. The van der Waals surface area contributed by atoms with E-state index in [-0.39, 0.29) is 5.56 Å². The summed E-state index contributed by atoms with van der Waals surface area (Å²) in [5.41, 5.74) is 4.10. The van der Waals surface area contributed by atoms with Gasteiger partial charge in [-0.25, -0.2) is 15.0 Å². The van der Waals surface area contributed by atoms with Crippen LogP contribution < -0.4 is 10.9 Å². The zero-order chi connectivity index (χ0) is 19.7. The topological polar surface area (TPSA) is 96.5 Å². The molecule has 3 heterocycles. The monoisotopic (exact) mass is 392 g/mol. The standard InChI is InChI=1S/C20H17ClN6O/c1-11-10-22-7-5-14(11)15-6-8-23-20(27-15)24-12(2)18-19(28)26-16-4-3-13(21)9-17(16)25-18/h3-10,12H,1-2H3,(H,26,28)(H,23,24,27)/t12-/m0/s1. The SMILES string of the molecule is Cc1cnccc1-c1ccnc(N[C@@H](C)c2nc3cc(Cl)ccc3[nH]c2=O)n1. The first-order valence-electron chi connectivity index (χ1n) is 8.71. The van der Waals surface area contributed by atoms with E-state index < -0.39 is 6.04 Å². The Hall–Kier alpha value is -3.32. The molecule has 0 radical (unpaired) electrons. The molecule has 0 aliphatic carbocycles. The Morgan fingerprint density at radius 3 is 2.82 bits per heavy atom. The van der Waals surface area contributed by atoms with Gasteiger partial charge in [0.05, 0.1) is 22.8 Å². The average molecular weight is 393 g/mol. The third-order valence-corrected chi connectivity index (χ3v) is 4.62. The van der Waals surface area contributed by atoms with Gasteiger partial charge < -0.3 is 10.3 Å². The highest BCUT2D eigenvalue weighted by Gasteiger charge is 2.15. The summed E-state index contributed by atoms with van der Waals surface area (Å²) >= 11 is 6.04. The van der Waals surface area contributed by atoms with Crippen molar-refractivity contribution in [3.05, 3.63) is 75.6 Å². The number of aryl methyl sites for hydroxylation is 1. The van der Waals surface area contributed by atoms with Gasteiger partial charge >= 0.3 is 0 Å². The molecule has 0 spiro atoms. The lowest BCUT2D eigenvalue weighted by atomic mass is 10.1. The number of anilines is 1. The third kappa shape index (κ3) is 3.57. The Balaban J connectivity index is 1.66.